The molecule has 9 heteroatoms. The lowest BCUT2D eigenvalue weighted by Gasteiger charge is -2.27. The summed E-state index contributed by atoms with van der Waals surface area (Å²) in [6.07, 6.45) is 0. The summed E-state index contributed by atoms with van der Waals surface area (Å²) in [6.45, 7) is 2.52. The summed E-state index contributed by atoms with van der Waals surface area (Å²) in [7, 11) is 1.32. The van der Waals surface area contributed by atoms with Crippen molar-refractivity contribution in [1.29, 1.82) is 0 Å². The molecule has 7 rings (SSSR count). The Hall–Kier alpha value is -4.99. The van der Waals surface area contributed by atoms with Gasteiger partial charge in [-0.2, -0.15) is 0 Å². The van der Waals surface area contributed by atoms with Crippen molar-refractivity contribution in [2.45, 2.75) is 0 Å². The van der Waals surface area contributed by atoms with Crippen LogP contribution in [-0.2, 0) is 9.47 Å². The maximum absolute atomic E-state index is 13.1. The van der Waals surface area contributed by atoms with E-state index in [0.29, 0.717) is 60.0 Å². The van der Waals surface area contributed by atoms with E-state index in [4.69, 9.17) is 13.9 Å². The Balaban J connectivity index is 1.27. The Morgan fingerprint density at radius 3 is 2.33 bits per heavy atom. The Labute approximate surface area is 250 Å². The third kappa shape index (κ3) is 4.92. The van der Waals surface area contributed by atoms with E-state index in [1.54, 1.807) is 47.7 Å². The number of hydrogen-bond donors (Lipinski definition) is 1. The number of anilines is 2. The molecule has 2 aromatic heterocycles. The predicted octanol–water partition coefficient (Wildman–Crippen LogP) is 6.70. The standard InChI is InChI=1S/C34H26N2O6S/c1-40-34(39)21-10-8-20(9-11-21)33(38)35-22-12-13-29-27(18-22)25-6-3-5-24(32(25)43-29)23-4-2-7-26-28(37)19-30(42-31(23)26)36-14-16-41-17-15-36/h2-13,18-19H,14-17H2,1H3,(H,35,38). The van der Waals surface area contributed by atoms with Crippen molar-refractivity contribution in [3.63, 3.8) is 0 Å². The first kappa shape index (κ1) is 26.9. The van der Waals surface area contributed by atoms with E-state index in [-0.39, 0.29) is 11.3 Å². The molecule has 0 atom stereocenters. The van der Waals surface area contributed by atoms with Crippen molar-refractivity contribution < 1.29 is 23.5 Å². The van der Waals surface area contributed by atoms with Gasteiger partial charge in [-0.1, -0.05) is 30.3 Å². The van der Waals surface area contributed by atoms with Crippen molar-refractivity contribution in [1.82, 2.24) is 0 Å². The topological polar surface area (TPSA) is 98.1 Å². The van der Waals surface area contributed by atoms with Crippen LogP contribution in [-0.4, -0.2) is 45.3 Å². The maximum Gasteiger partial charge on any atom is 0.337 e. The molecule has 3 heterocycles. The molecule has 4 aromatic carbocycles. The van der Waals surface area contributed by atoms with Gasteiger partial charge >= 0.3 is 5.97 Å². The second kappa shape index (κ2) is 11.0. The third-order valence-electron chi connectivity index (χ3n) is 7.68. The van der Waals surface area contributed by atoms with Gasteiger partial charge < -0.3 is 24.1 Å². The van der Waals surface area contributed by atoms with Gasteiger partial charge in [-0.3, -0.25) is 9.59 Å². The van der Waals surface area contributed by atoms with Gasteiger partial charge in [0.2, 0.25) is 0 Å². The van der Waals surface area contributed by atoms with Crippen LogP contribution in [0.25, 0.3) is 42.3 Å². The van der Waals surface area contributed by atoms with Gasteiger partial charge in [0.25, 0.3) is 5.91 Å². The number of esters is 1. The fourth-order valence-electron chi connectivity index (χ4n) is 5.48. The largest absolute Gasteiger partial charge is 0.465 e. The number of methoxy groups -OCH3 is 1. The Kier molecular flexibility index (Phi) is 6.89. The van der Waals surface area contributed by atoms with Gasteiger partial charge in [-0.05, 0) is 48.5 Å². The number of nitrogens with one attached hydrogen (secondary N) is 1. The Morgan fingerprint density at radius 1 is 0.837 bits per heavy atom. The molecule has 1 aliphatic rings. The molecule has 1 saturated heterocycles. The molecular weight excluding hydrogens is 564 g/mol. The van der Waals surface area contributed by atoms with Crippen molar-refractivity contribution in [3.8, 4) is 11.1 Å². The number of nitrogens with zero attached hydrogens (tertiary/aromatic N) is 1. The number of fused-ring (bicyclic) bond motifs is 4. The Morgan fingerprint density at radius 2 is 1.56 bits per heavy atom. The lowest BCUT2D eigenvalue weighted by molar-refractivity contribution is 0.0600. The number of hydrogen-bond acceptors (Lipinski definition) is 8. The second-order valence-corrected chi connectivity index (χ2v) is 11.3. The van der Waals surface area contributed by atoms with Crippen molar-refractivity contribution >= 4 is 65.9 Å². The number of para-hydroxylation sites is 1. The molecule has 6 aromatic rings. The molecule has 0 saturated carbocycles. The second-order valence-electron chi connectivity index (χ2n) is 10.2. The number of carbonyl (C=O) groups excluding carboxylic acids is 2. The highest BCUT2D eigenvalue weighted by atomic mass is 32.1. The fraction of sp³-hybridized carbons (Fsp3) is 0.147. The molecule has 0 spiro atoms. The van der Waals surface area contributed by atoms with Crippen LogP contribution in [0.5, 0.6) is 0 Å². The molecule has 43 heavy (non-hydrogen) atoms. The monoisotopic (exact) mass is 590 g/mol. The molecule has 0 bridgehead atoms. The minimum Gasteiger partial charge on any atom is -0.465 e. The van der Waals surface area contributed by atoms with Gasteiger partial charge in [0, 0.05) is 61.7 Å². The minimum atomic E-state index is -0.454. The summed E-state index contributed by atoms with van der Waals surface area (Å²) in [5.41, 5.74) is 3.78. The SMILES string of the molecule is COC(=O)c1ccc(C(=O)Nc2ccc3sc4c(-c5cccc6c(=O)cc(N7CCOCC7)oc56)cccc4c3c2)cc1. The molecule has 8 nitrogen and oxygen atoms in total. The zero-order valence-corrected chi connectivity index (χ0v) is 24.0. The van der Waals surface area contributed by atoms with Crippen LogP contribution >= 0.6 is 11.3 Å². The fourth-order valence-corrected chi connectivity index (χ4v) is 6.69. The number of thiophene rings is 1. The van der Waals surface area contributed by atoms with E-state index in [9.17, 15) is 14.4 Å². The first-order valence-corrected chi connectivity index (χ1v) is 14.7. The molecule has 0 aliphatic carbocycles. The zero-order valence-electron chi connectivity index (χ0n) is 23.2. The maximum atomic E-state index is 13.1. The summed E-state index contributed by atoms with van der Waals surface area (Å²) in [5.74, 6) is -0.181. The van der Waals surface area contributed by atoms with Gasteiger partial charge in [-0.15, -0.1) is 11.3 Å². The quantitative estimate of drug-likeness (QED) is 0.223. The van der Waals surface area contributed by atoms with Gasteiger partial charge in [0.05, 0.1) is 31.3 Å². The average Bonchev–Trinajstić information content (AvgIpc) is 3.43. The lowest BCUT2D eigenvalue weighted by atomic mass is 10.0. The third-order valence-corrected chi connectivity index (χ3v) is 8.90. The smallest absolute Gasteiger partial charge is 0.337 e. The van der Waals surface area contributed by atoms with E-state index < -0.39 is 5.97 Å². The summed E-state index contributed by atoms with van der Waals surface area (Å²) >= 11 is 1.66. The highest BCUT2D eigenvalue weighted by molar-refractivity contribution is 7.26. The van der Waals surface area contributed by atoms with E-state index >= 15 is 0 Å². The summed E-state index contributed by atoms with van der Waals surface area (Å²) < 4.78 is 18.8. The first-order chi connectivity index (χ1) is 21.0. The van der Waals surface area contributed by atoms with Crippen molar-refractivity contribution in [2.24, 2.45) is 0 Å². The van der Waals surface area contributed by atoms with Crippen LogP contribution in [0, 0.1) is 0 Å². The van der Waals surface area contributed by atoms with Crippen LogP contribution in [0.15, 0.2) is 94.1 Å². The first-order valence-electron chi connectivity index (χ1n) is 13.8. The number of rotatable bonds is 5. The molecule has 0 radical (unpaired) electrons. The highest BCUT2D eigenvalue weighted by Crippen LogP contribution is 2.42. The molecular formula is C34H26N2O6S. The molecule has 1 fully saturated rings. The highest BCUT2D eigenvalue weighted by Gasteiger charge is 2.19. The molecule has 1 N–H and O–H groups in total. The van der Waals surface area contributed by atoms with Gasteiger partial charge in [-0.25, -0.2) is 4.79 Å². The lowest BCUT2D eigenvalue weighted by Crippen LogP contribution is -2.36. The van der Waals surface area contributed by atoms with E-state index in [1.807, 2.05) is 41.3 Å². The number of benzene rings is 4. The van der Waals surface area contributed by atoms with E-state index in [2.05, 4.69) is 17.4 Å². The number of amides is 1. The minimum absolute atomic E-state index is 0.0755. The van der Waals surface area contributed by atoms with E-state index in [1.165, 1.54) is 7.11 Å². The van der Waals surface area contributed by atoms with Crippen molar-refractivity contribution in [3.05, 3.63) is 106 Å². The van der Waals surface area contributed by atoms with Crippen LogP contribution < -0.4 is 15.6 Å². The predicted molar refractivity (Wildman–Crippen MR) is 170 cm³/mol. The average molecular weight is 591 g/mol. The van der Waals surface area contributed by atoms with E-state index in [0.717, 1.165) is 31.3 Å². The molecule has 1 amide bonds. The van der Waals surface area contributed by atoms with Crippen LogP contribution in [0.2, 0.25) is 0 Å². The zero-order chi connectivity index (χ0) is 29.5. The Bertz CT molecular complexity index is 2090. The molecule has 0 unspecified atom stereocenters. The number of morpholine rings is 1. The molecule has 1 aliphatic heterocycles. The van der Waals surface area contributed by atoms with Crippen LogP contribution in [0.3, 0.4) is 0 Å². The summed E-state index contributed by atoms with van der Waals surface area (Å²) in [4.78, 5) is 39.9. The van der Waals surface area contributed by atoms with Crippen LogP contribution in [0.1, 0.15) is 20.7 Å². The van der Waals surface area contributed by atoms with Gasteiger partial charge in [0.15, 0.2) is 11.3 Å². The van der Waals surface area contributed by atoms with Crippen molar-refractivity contribution in [2.75, 3.05) is 43.6 Å². The van der Waals surface area contributed by atoms with Gasteiger partial charge in [0.1, 0.15) is 5.58 Å². The number of carbonyl (C=O) groups is 2. The van der Waals surface area contributed by atoms with Crippen LogP contribution in [0.4, 0.5) is 11.6 Å². The normalized spacial score (nSPS) is 13.5. The summed E-state index contributed by atoms with van der Waals surface area (Å²) in [5, 5.41) is 5.56. The molecule has 214 valence electrons. The summed E-state index contributed by atoms with van der Waals surface area (Å²) in [6, 6.07) is 25.5. The number of ether oxygens (including phenoxy) is 2.